The lowest BCUT2D eigenvalue weighted by molar-refractivity contribution is 0.0218. The summed E-state index contributed by atoms with van der Waals surface area (Å²) in [5, 5.41) is 0. The largest absolute Gasteiger partial charge is 0.372 e. The summed E-state index contributed by atoms with van der Waals surface area (Å²) >= 11 is 3.67. The van der Waals surface area contributed by atoms with E-state index in [1.165, 1.54) is 18.4 Å². The van der Waals surface area contributed by atoms with Crippen LogP contribution in [0.2, 0.25) is 0 Å². The normalized spacial score (nSPS) is 28.7. The van der Waals surface area contributed by atoms with Crippen molar-refractivity contribution in [1.82, 2.24) is 0 Å². The second-order valence-electron chi connectivity index (χ2n) is 3.36. The molecule has 0 bridgehead atoms. The van der Waals surface area contributed by atoms with E-state index in [1.54, 1.807) is 0 Å². The van der Waals surface area contributed by atoms with Gasteiger partial charge in [-0.15, -0.1) is 0 Å². The second kappa shape index (κ2) is 4.25. The summed E-state index contributed by atoms with van der Waals surface area (Å²) in [6.45, 7) is 0.891. The van der Waals surface area contributed by atoms with Crippen LogP contribution in [0.4, 0.5) is 0 Å². The number of benzene rings is 1. The van der Waals surface area contributed by atoms with Gasteiger partial charge in [-0.05, 0) is 18.4 Å². The monoisotopic (exact) mass is 240 g/mol. The summed E-state index contributed by atoms with van der Waals surface area (Å²) < 4.78 is 5.73. The van der Waals surface area contributed by atoms with Crippen molar-refractivity contribution in [3.8, 4) is 0 Å². The molecule has 0 saturated carbocycles. The van der Waals surface area contributed by atoms with E-state index >= 15 is 0 Å². The van der Waals surface area contributed by atoms with Gasteiger partial charge in [-0.25, -0.2) is 0 Å². The third-order valence-corrected chi connectivity index (χ3v) is 3.32. The van der Waals surface area contributed by atoms with Crippen molar-refractivity contribution in [2.75, 3.05) is 6.61 Å². The minimum atomic E-state index is 0.245. The summed E-state index contributed by atoms with van der Waals surface area (Å²) in [5.41, 5.74) is 1.28. The molecule has 0 aromatic heterocycles. The molecule has 1 aliphatic heterocycles. The summed E-state index contributed by atoms with van der Waals surface area (Å²) in [6.07, 6.45) is 2.62. The van der Waals surface area contributed by atoms with E-state index in [-0.39, 0.29) is 6.10 Å². The smallest absolute Gasteiger partial charge is 0.0949 e. The minimum Gasteiger partial charge on any atom is -0.372 e. The Balaban J connectivity index is 2.15. The fraction of sp³-hybridized carbons (Fsp3) is 0.455. The van der Waals surface area contributed by atoms with Gasteiger partial charge in [0.25, 0.3) is 0 Å². The zero-order valence-corrected chi connectivity index (χ0v) is 9.03. The third-order valence-electron chi connectivity index (χ3n) is 2.38. The molecular weight excluding hydrogens is 228 g/mol. The van der Waals surface area contributed by atoms with Gasteiger partial charge in [0.05, 0.1) is 6.10 Å². The Kier molecular flexibility index (Phi) is 3.01. The van der Waals surface area contributed by atoms with E-state index in [0.717, 1.165) is 6.61 Å². The van der Waals surface area contributed by atoms with E-state index in [0.29, 0.717) is 4.83 Å². The number of ether oxygens (including phenoxy) is 1. The molecule has 1 heterocycles. The molecule has 1 aliphatic rings. The number of halogens is 1. The lowest BCUT2D eigenvalue weighted by Crippen LogP contribution is -2.22. The molecule has 1 aromatic rings. The van der Waals surface area contributed by atoms with Gasteiger partial charge in [0.1, 0.15) is 0 Å². The molecule has 13 heavy (non-hydrogen) atoms. The highest BCUT2D eigenvalue weighted by Gasteiger charge is 2.24. The second-order valence-corrected chi connectivity index (χ2v) is 4.54. The van der Waals surface area contributed by atoms with Crippen LogP contribution in [0.25, 0.3) is 0 Å². The topological polar surface area (TPSA) is 9.23 Å². The summed E-state index contributed by atoms with van der Waals surface area (Å²) in [7, 11) is 0. The van der Waals surface area contributed by atoms with E-state index in [2.05, 4.69) is 40.2 Å². The quantitative estimate of drug-likeness (QED) is 0.685. The Morgan fingerprint density at radius 2 is 2.00 bits per heavy atom. The molecule has 1 saturated heterocycles. The van der Waals surface area contributed by atoms with Crippen molar-refractivity contribution >= 4 is 15.9 Å². The lowest BCUT2D eigenvalue weighted by atomic mass is 10.0. The van der Waals surface area contributed by atoms with Crippen LogP contribution < -0.4 is 0 Å². The molecule has 2 rings (SSSR count). The van der Waals surface area contributed by atoms with Gasteiger partial charge in [0, 0.05) is 11.4 Å². The van der Waals surface area contributed by atoms with Crippen molar-refractivity contribution in [3.63, 3.8) is 0 Å². The van der Waals surface area contributed by atoms with Gasteiger partial charge in [-0.3, -0.25) is 0 Å². The molecule has 2 heteroatoms. The van der Waals surface area contributed by atoms with Gasteiger partial charge >= 0.3 is 0 Å². The number of hydrogen-bond donors (Lipinski definition) is 0. The van der Waals surface area contributed by atoms with Gasteiger partial charge in [-0.1, -0.05) is 46.3 Å². The predicted octanol–water partition coefficient (Wildman–Crippen LogP) is 3.30. The Morgan fingerprint density at radius 3 is 2.69 bits per heavy atom. The first-order valence-electron chi connectivity index (χ1n) is 4.68. The Bertz CT molecular complexity index is 260. The Morgan fingerprint density at radius 1 is 1.23 bits per heavy atom. The van der Waals surface area contributed by atoms with Crippen LogP contribution in [-0.2, 0) is 4.74 Å². The highest BCUT2D eigenvalue weighted by atomic mass is 79.9. The van der Waals surface area contributed by atoms with Crippen molar-refractivity contribution in [3.05, 3.63) is 35.9 Å². The fourth-order valence-electron chi connectivity index (χ4n) is 1.69. The third kappa shape index (κ3) is 2.12. The van der Waals surface area contributed by atoms with Crippen LogP contribution in [0.3, 0.4) is 0 Å². The molecule has 70 valence electrons. The molecule has 1 aromatic carbocycles. The molecule has 2 atom stereocenters. The van der Waals surface area contributed by atoms with Crippen LogP contribution in [0.5, 0.6) is 0 Å². The van der Waals surface area contributed by atoms with Gasteiger partial charge < -0.3 is 4.74 Å². The van der Waals surface area contributed by atoms with Crippen molar-refractivity contribution in [2.45, 2.75) is 23.8 Å². The maximum atomic E-state index is 5.73. The molecule has 0 unspecified atom stereocenters. The number of rotatable bonds is 1. The first kappa shape index (κ1) is 9.22. The lowest BCUT2D eigenvalue weighted by Gasteiger charge is -2.28. The van der Waals surface area contributed by atoms with Crippen LogP contribution in [0.15, 0.2) is 30.3 Å². The standard InChI is InChI=1S/C11H13BrO/c12-10-7-4-8-13-11(10)9-5-2-1-3-6-9/h1-3,5-6,10-11H,4,7-8H2/t10-,11-/m1/s1. The molecule has 0 radical (unpaired) electrons. The van der Waals surface area contributed by atoms with Crippen LogP contribution in [0, 0.1) is 0 Å². The highest BCUT2D eigenvalue weighted by Crippen LogP contribution is 2.32. The highest BCUT2D eigenvalue weighted by molar-refractivity contribution is 9.09. The Hall–Kier alpha value is -0.340. The van der Waals surface area contributed by atoms with Crippen LogP contribution in [-0.4, -0.2) is 11.4 Å². The summed E-state index contributed by atoms with van der Waals surface area (Å²) in [6, 6.07) is 10.4. The van der Waals surface area contributed by atoms with E-state index in [4.69, 9.17) is 4.74 Å². The van der Waals surface area contributed by atoms with E-state index in [1.807, 2.05) is 6.07 Å². The molecule has 1 fully saturated rings. The summed E-state index contributed by atoms with van der Waals surface area (Å²) in [4.78, 5) is 0.476. The van der Waals surface area contributed by atoms with E-state index in [9.17, 15) is 0 Å². The van der Waals surface area contributed by atoms with Gasteiger partial charge in [0.2, 0.25) is 0 Å². The molecular formula is C11H13BrO. The average Bonchev–Trinajstić information content (AvgIpc) is 2.20. The number of hydrogen-bond acceptors (Lipinski definition) is 1. The summed E-state index contributed by atoms with van der Waals surface area (Å²) in [5.74, 6) is 0. The molecule has 0 spiro atoms. The first-order chi connectivity index (χ1) is 6.38. The molecule has 0 N–H and O–H groups in total. The number of alkyl halides is 1. The SMILES string of the molecule is Br[C@@H]1CCCO[C@@H]1c1ccccc1. The van der Waals surface area contributed by atoms with E-state index < -0.39 is 0 Å². The molecule has 0 amide bonds. The molecule has 1 nitrogen and oxygen atoms in total. The average molecular weight is 241 g/mol. The van der Waals surface area contributed by atoms with Crippen LogP contribution in [0.1, 0.15) is 24.5 Å². The van der Waals surface area contributed by atoms with Gasteiger partial charge in [0.15, 0.2) is 0 Å². The van der Waals surface area contributed by atoms with Gasteiger partial charge in [-0.2, -0.15) is 0 Å². The van der Waals surface area contributed by atoms with Crippen molar-refractivity contribution in [1.29, 1.82) is 0 Å². The zero-order chi connectivity index (χ0) is 9.10. The zero-order valence-electron chi connectivity index (χ0n) is 7.45. The predicted molar refractivity (Wildman–Crippen MR) is 57.1 cm³/mol. The van der Waals surface area contributed by atoms with Crippen molar-refractivity contribution < 1.29 is 4.74 Å². The first-order valence-corrected chi connectivity index (χ1v) is 5.60. The minimum absolute atomic E-state index is 0.245. The molecule has 0 aliphatic carbocycles. The maximum Gasteiger partial charge on any atom is 0.0949 e. The Labute approximate surface area is 87.2 Å². The van der Waals surface area contributed by atoms with Crippen LogP contribution >= 0.6 is 15.9 Å². The maximum absolute atomic E-state index is 5.73. The fourth-order valence-corrected chi connectivity index (χ4v) is 2.47. The van der Waals surface area contributed by atoms with Crippen molar-refractivity contribution in [2.24, 2.45) is 0 Å².